The molecule has 11 heavy (non-hydrogen) atoms. The van der Waals surface area contributed by atoms with E-state index < -0.39 is 0 Å². The zero-order valence-corrected chi connectivity index (χ0v) is 6.06. The molecule has 0 amide bonds. The van der Waals surface area contributed by atoms with Crippen molar-refractivity contribution in [3.63, 3.8) is 0 Å². The zero-order valence-electron chi connectivity index (χ0n) is 6.06. The van der Waals surface area contributed by atoms with Gasteiger partial charge in [-0.1, -0.05) is 0 Å². The maximum atomic E-state index is 12.7. The van der Waals surface area contributed by atoms with E-state index in [0.717, 1.165) is 11.1 Å². The molecular weight excluding hydrogens is 147 g/mol. The number of aryl methyl sites for hydroxylation is 1. The number of hydrogen-bond acceptors (Lipinski definition) is 2. The van der Waals surface area contributed by atoms with Crippen molar-refractivity contribution in [1.82, 2.24) is 0 Å². The monoisotopic (exact) mass is 154 g/mol. The Morgan fingerprint density at radius 1 is 1.45 bits per heavy atom. The topological polar surface area (TPSA) is 18.5 Å². The van der Waals surface area contributed by atoms with Crippen molar-refractivity contribution in [3.05, 3.63) is 29.1 Å². The summed E-state index contributed by atoms with van der Waals surface area (Å²) in [5.41, 5.74) is 1.56. The Bertz CT molecular complexity index is 296. The molecule has 58 valence electrons. The number of fused-ring (bicyclic) bond motifs is 1. The molecule has 1 aromatic carbocycles. The van der Waals surface area contributed by atoms with Crippen LogP contribution in [0, 0.1) is 12.7 Å². The van der Waals surface area contributed by atoms with Crippen LogP contribution in [0.3, 0.4) is 0 Å². The molecule has 0 N–H and O–H groups in total. The molecule has 0 unspecified atom stereocenters. The van der Waals surface area contributed by atoms with Crippen molar-refractivity contribution in [3.8, 4) is 5.75 Å². The third-order valence-corrected chi connectivity index (χ3v) is 1.67. The molecule has 0 saturated heterocycles. The minimum atomic E-state index is -0.240. The average Bonchev–Trinajstić information content (AvgIpc) is 2.34. The van der Waals surface area contributed by atoms with Gasteiger partial charge in [0.2, 0.25) is 0 Å². The van der Waals surface area contributed by atoms with E-state index in [2.05, 4.69) is 4.89 Å². The van der Waals surface area contributed by atoms with E-state index in [0.29, 0.717) is 12.4 Å². The van der Waals surface area contributed by atoms with E-state index in [1.807, 2.05) is 0 Å². The summed E-state index contributed by atoms with van der Waals surface area (Å²) in [6.07, 6.45) is 0. The average molecular weight is 154 g/mol. The third kappa shape index (κ3) is 0.973. The fourth-order valence-corrected chi connectivity index (χ4v) is 1.18. The third-order valence-electron chi connectivity index (χ3n) is 1.67. The molecule has 0 bridgehead atoms. The Hall–Kier alpha value is -1.09. The standard InChI is InChI=1S/C8H7FO2/c1-5-2-7(9)3-6-4-10-11-8(5)6/h2-3H,4H2,1H3. The maximum Gasteiger partial charge on any atom is 0.174 e. The lowest BCUT2D eigenvalue weighted by Crippen LogP contribution is -1.85. The zero-order chi connectivity index (χ0) is 7.84. The minimum absolute atomic E-state index is 0.240. The molecule has 0 saturated carbocycles. The quantitative estimate of drug-likeness (QED) is 0.532. The second-order valence-electron chi connectivity index (χ2n) is 2.56. The Kier molecular flexibility index (Phi) is 1.32. The van der Waals surface area contributed by atoms with Gasteiger partial charge in [-0.15, -0.1) is 0 Å². The first-order valence-corrected chi connectivity index (χ1v) is 3.36. The maximum absolute atomic E-state index is 12.7. The van der Waals surface area contributed by atoms with Gasteiger partial charge in [0.25, 0.3) is 0 Å². The van der Waals surface area contributed by atoms with E-state index in [9.17, 15) is 4.39 Å². The van der Waals surface area contributed by atoms with Gasteiger partial charge in [0.1, 0.15) is 12.4 Å². The number of rotatable bonds is 0. The summed E-state index contributed by atoms with van der Waals surface area (Å²) < 4.78 is 12.7. The second-order valence-corrected chi connectivity index (χ2v) is 2.56. The van der Waals surface area contributed by atoms with Gasteiger partial charge >= 0.3 is 0 Å². The Labute approximate surface area is 63.5 Å². The number of benzene rings is 1. The van der Waals surface area contributed by atoms with Crippen LogP contribution in [0.25, 0.3) is 0 Å². The molecule has 1 aliphatic heterocycles. The molecule has 2 rings (SSSR count). The van der Waals surface area contributed by atoms with Crippen LogP contribution in [-0.4, -0.2) is 0 Å². The molecule has 3 heteroatoms. The van der Waals surface area contributed by atoms with Gasteiger partial charge < -0.3 is 4.89 Å². The van der Waals surface area contributed by atoms with E-state index >= 15 is 0 Å². The predicted octanol–water partition coefficient (Wildman–Crippen LogP) is 1.96. The van der Waals surface area contributed by atoms with Crippen molar-refractivity contribution < 1.29 is 14.2 Å². The van der Waals surface area contributed by atoms with Gasteiger partial charge in [0.15, 0.2) is 5.75 Å². The van der Waals surface area contributed by atoms with Gasteiger partial charge in [0.05, 0.1) is 0 Å². The number of halogens is 1. The largest absolute Gasteiger partial charge is 0.337 e. The molecule has 0 radical (unpaired) electrons. The molecule has 2 nitrogen and oxygen atoms in total. The summed E-state index contributed by atoms with van der Waals surface area (Å²) in [6.45, 7) is 2.13. The van der Waals surface area contributed by atoms with Crippen molar-refractivity contribution in [2.75, 3.05) is 0 Å². The highest BCUT2D eigenvalue weighted by atomic mass is 19.1. The summed E-state index contributed by atoms with van der Waals surface area (Å²) >= 11 is 0. The first-order valence-electron chi connectivity index (χ1n) is 3.36. The molecule has 0 aliphatic carbocycles. The summed E-state index contributed by atoms with van der Waals surface area (Å²) in [6, 6.07) is 2.85. The number of hydrogen-bond donors (Lipinski definition) is 0. The molecule has 1 aromatic rings. The highest BCUT2D eigenvalue weighted by molar-refractivity contribution is 5.41. The summed E-state index contributed by atoms with van der Waals surface area (Å²) in [7, 11) is 0. The molecule has 1 heterocycles. The fourth-order valence-electron chi connectivity index (χ4n) is 1.18. The van der Waals surface area contributed by atoms with Crippen LogP contribution in [0.2, 0.25) is 0 Å². The van der Waals surface area contributed by atoms with Crippen molar-refractivity contribution in [1.29, 1.82) is 0 Å². The van der Waals surface area contributed by atoms with Crippen molar-refractivity contribution in [2.24, 2.45) is 0 Å². The first-order chi connectivity index (χ1) is 5.27. The predicted molar refractivity (Wildman–Crippen MR) is 36.6 cm³/mol. The molecule has 0 aromatic heterocycles. The highest BCUT2D eigenvalue weighted by Crippen LogP contribution is 2.30. The van der Waals surface area contributed by atoms with Crippen LogP contribution in [0.4, 0.5) is 4.39 Å². The highest BCUT2D eigenvalue weighted by Gasteiger charge is 2.16. The van der Waals surface area contributed by atoms with E-state index in [1.165, 1.54) is 12.1 Å². The van der Waals surface area contributed by atoms with Gasteiger partial charge in [0, 0.05) is 5.56 Å². The minimum Gasteiger partial charge on any atom is -0.337 e. The Balaban J connectivity index is 2.60. The molecular formula is C8H7FO2. The molecule has 1 aliphatic rings. The SMILES string of the molecule is Cc1cc(F)cc2c1OOC2. The van der Waals surface area contributed by atoms with Gasteiger partial charge in [-0.05, 0) is 24.6 Å². The molecule has 0 fully saturated rings. The molecule has 0 spiro atoms. The van der Waals surface area contributed by atoms with Gasteiger partial charge in [-0.2, -0.15) is 4.89 Å². The second kappa shape index (κ2) is 2.20. The van der Waals surface area contributed by atoms with E-state index in [1.54, 1.807) is 6.92 Å². The van der Waals surface area contributed by atoms with Gasteiger partial charge in [-0.3, -0.25) is 0 Å². The normalized spacial score (nSPS) is 14.4. The van der Waals surface area contributed by atoms with Crippen molar-refractivity contribution >= 4 is 0 Å². The van der Waals surface area contributed by atoms with Crippen LogP contribution in [0.5, 0.6) is 5.75 Å². The van der Waals surface area contributed by atoms with Gasteiger partial charge in [-0.25, -0.2) is 4.39 Å². The summed E-state index contributed by atoms with van der Waals surface area (Å²) in [5.74, 6) is 0.418. The van der Waals surface area contributed by atoms with Crippen LogP contribution < -0.4 is 4.89 Å². The van der Waals surface area contributed by atoms with Crippen LogP contribution in [0.15, 0.2) is 12.1 Å². The van der Waals surface area contributed by atoms with Crippen LogP contribution in [-0.2, 0) is 11.5 Å². The lowest BCUT2D eigenvalue weighted by molar-refractivity contribution is -0.194. The Morgan fingerprint density at radius 2 is 2.27 bits per heavy atom. The smallest absolute Gasteiger partial charge is 0.174 e. The lowest BCUT2D eigenvalue weighted by atomic mass is 10.1. The first kappa shape index (κ1) is 6.61. The Morgan fingerprint density at radius 3 is 3.09 bits per heavy atom. The fraction of sp³-hybridized carbons (Fsp3) is 0.250. The van der Waals surface area contributed by atoms with Crippen molar-refractivity contribution in [2.45, 2.75) is 13.5 Å². The van der Waals surface area contributed by atoms with E-state index in [4.69, 9.17) is 4.89 Å². The summed E-state index contributed by atoms with van der Waals surface area (Å²) in [5, 5.41) is 0. The summed E-state index contributed by atoms with van der Waals surface area (Å²) in [4.78, 5) is 9.50. The van der Waals surface area contributed by atoms with E-state index in [-0.39, 0.29) is 5.82 Å². The van der Waals surface area contributed by atoms with Crippen LogP contribution in [0.1, 0.15) is 11.1 Å². The lowest BCUT2D eigenvalue weighted by Gasteiger charge is -1.98. The van der Waals surface area contributed by atoms with Crippen LogP contribution >= 0.6 is 0 Å². The molecule has 0 atom stereocenters.